The van der Waals surface area contributed by atoms with Gasteiger partial charge in [0.15, 0.2) is 5.13 Å². The summed E-state index contributed by atoms with van der Waals surface area (Å²) in [6.45, 7) is 0. The van der Waals surface area contributed by atoms with Crippen LogP contribution in [0.4, 0.5) is 14.5 Å². The Morgan fingerprint density at radius 1 is 1.44 bits per heavy atom. The van der Waals surface area contributed by atoms with E-state index in [-0.39, 0.29) is 15.7 Å². The van der Waals surface area contributed by atoms with E-state index in [0.29, 0.717) is 11.3 Å². The molecule has 0 radical (unpaired) electrons. The van der Waals surface area contributed by atoms with Crippen molar-refractivity contribution < 1.29 is 14.1 Å². The number of nitrogens with zero attached hydrogens (tertiary/aromatic N) is 2. The minimum absolute atomic E-state index is 0.0509. The fourth-order valence-corrected chi connectivity index (χ4v) is 1.84. The Hall–Kier alpha value is -2.35. The molecule has 1 amide bonds. The lowest BCUT2D eigenvalue weighted by Crippen LogP contribution is -2.13. The zero-order valence-corrected chi connectivity index (χ0v) is 9.61. The lowest BCUT2D eigenvalue weighted by molar-refractivity contribution is -0.380. The van der Waals surface area contributed by atoms with E-state index >= 15 is 0 Å². The smallest absolute Gasteiger partial charge is 0.298 e. The van der Waals surface area contributed by atoms with Crippen molar-refractivity contribution in [1.29, 1.82) is 0 Å². The third-order valence-electron chi connectivity index (χ3n) is 2.01. The number of hydrogen-bond donors (Lipinski definition) is 1. The molecule has 8 heteroatoms. The van der Waals surface area contributed by atoms with Crippen molar-refractivity contribution >= 4 is 27.4 Å². The van der Waals surface area contributed by atoms with Gasteiger partial charge >= 0.3 is 5.00 Å². The number of carbonyl (C=O) groups excluding carboxylic acids is 1. The molecular weight excluding hydrogens is 261 g/mol. The first-order valence-corrected chi connectivity index (χ1v) is 5.55. The van der Waals surface area contributed by atoms with E-state index in [1.165, 1.54) is 18.2 Å². The molecule has 18 heavy (non-hydrogen) atoms. The normalized spacial score (nSPS) is 10.1. The zero-order valence-electron chi connectivity index (χ0n) is 8.79. The predicted molar refractivity (Wildman–Crippen MR) is 63.1 cm³/mol. The average Bonchev–Trinajstić information content (AvgIpc) is 2.78. The minimum atomic E-state index is -0.697. The number of carbonyl (C=O) groups is 1. The molecule has 1 aromatic heterocycles. The average molecular weight is 267 g/mol. The highest BCUT2D eigenvalue weighted by Gasteiger charge is 2.16. The van der Waals surface area contributed by atoms with Gasteiger partial charge in [0.1, 0.15) is 12.0 Å². The molecule has 0 aliphatic carbocycles. The molecule has 0 spiro atoms. The van der Waals surface area contributed by atoms with Crippen molar-refractivity contribution in [2.75, 3.05) is 5.32 Å². The van der Waals surface area contributed by atoms with Crippen molar-refractivity contribution in [2.24, 2.45) is 0 Å². The molecule has 1 heterocycles. The summed E-state index contributed by atoms with van der Waals surface area (Å²) in [5, 5.41) is 12.6. The van der Waals surface area contributed by atoms with E-state index in [2.05, 4.69) is 10.3 Å². The van der Waals surface area contributed by atoms with Crippen molar-refractivity contribution in [3.8, 4) is 0 Å². The summed E-state index contributed by atoms with van der Waals surface area (Å²) in [4.78, 5) is 25.1. The van der Waals surface area contributed by atoms with E-state index in [9.17, 15) is 19.3 Å². The molecule has 0 atom stereocenters. The number of thiazole rings is 1. The number of anilines is 1. The Kier molecular flexibility index (Phi) is 3.28. The lowest BCUT2D eigenvalue weighted by Gasteiger charge is -2.01. The van der Waals surface area contributed by atoms with Gasteiger partial charge in [0.25, 0.3) is 5.91 Å². The van der Waals surface area contributed by atoms with Crippen LogP contribution in [0.15, 0.2) is 30.5 Å². The molecular formula is C10H6FN3O3S. The highest BCUT2D eigenvalue weighted by Crippen LogP contribution is 2.25. The first-order valence-electron chi connectivity index (χ1n) is 4.74. The van der Waals surface area contributed by atoms with Crippen molar-refractivity contribution in [3.05, 3.63) is 52.0 Å². The van der Waals surface area contributed by atoms with Crippen LogP contribution in [0.25, 0.3) is 0 Å². The molecule has 0 aliphatic rings. The van der Waals surface area contributed by atoms with Gasteiger partial charge in [-0.25, -0.2) is 9.37 Å². The van der Waals surface area contributed by atoms with Gasteiger partial charge in [-0.3, -0.25) is 20.2 Å². The Morgan fingerprint density at radius 2 is 2.17 bits per heavy atom. The maximum absolute atomic E-state index is 13.3. The van der Waals surface area contributed by atoms with Gasteiger partial charge in [-0.15, -0.1) is 0 Å². The van der Waals surface area contributed by atoms with Crippen LogP contribution in [0, 0.1) is 15.9 Å². The molecule has 0 aliphatic heterocycles. The van der Waals surface area contributed by atoms with Gasteiger partial charge in [0.2, 0.25) is 0 Å². The lowest BCUT2D eigenvalue weighted by atomic mass is 10.2. The number of hydrogen-bond acceptors (Lipinski definition) is 5. The van der Waals surface area contributed by atoms with E-state index in [1.54, 1.807) is 0 Å². The first kappa shape index (κ1) is 12.1. The fraction of sp³-hybridized carbons (Fsp3) is 0. The summed E-state index contributed by atoms with van der Waals surface area (Å²) in [6, 6.07) is 5.44. The van der Waals surface area contributed by atoms with E-state index in [0.717, 1.165) is 12.3 Å². The molecule has 0 bridgehead atoms. The van der Waals surface area contributed by atoms with Gasteiger partial charge in [-0.05, 0) is 23.5 Å². The monoisotopic (exact) mass is 267 g/mol. The van der Waals surface area contributed by atoms with Crippen LogP contribution in [-0.4, -0.2) is 15.8 Å². The first-order chi connectivity index (χ1) is 8.58. The Labute approximate surface area is 104 Å². The molecule has 2 rings (SSSR count). The third kappa shape index (κ3) is 2.48. The quantitative estimate of drug-likeness (QED) is 0.683. The zero-order chi connectivity index (χ0) is 13.1. The highest BCUT2D eigenvalue weighted by atomic mass is 32.1. The molecule has 2 aromatic rings. The van der Waals surface area contributed by atoms with Gasteiger partial charge < -0.3 is 0 Å². The Morgan fingerprint density at radius 3 is 2.78 bits per heavy atom. The van der Waals surface area contributed by atoms with Crippen LogP contribution in [-0.2, 0) is 0 Å². The summed E-state index contributed by atoms with van der Waals surface area (Å²) in [7, 11) is 0. The summed E-state index contributed by atoms with van der Waals surface area (Å²) in [5.41, 5.74) is -0.143. The largest absolute Gasteiger partial charge is 0.345 e. The molecule has 0 fully saturated rings. The topological polar surface area (TPSA) is 85.1 Å². The second-order valence-corrected chi connectivity index (χ2v) is 4.20. The summed E-state index contributed by atoms with van der Waals surface area (Å²) >= 11 is 0.705. The SMILES string of the molecule is O=C(Nc1ncc([N+](=O)[O-])s1)c1ccccc1F. The highest BCUT2D eigenvalue weighted by molar-refractivity contribution is 7.18. The van der Waals surface area contributed by atoms with Crippen molar-refractivity contribution in [3.63, 3.8) is 0 Å². The second-order valence-electron chi connectivity index (χ2n) is 3.19. The Balaban J connectivity index is 2.16. The van der Waals surface area contributed by atoms with Crippen LogP contribution < -0.4 is 5.32 Å². The van der Waals surface area contributed by atoms with Crippen LogP contribution in [0.2, 0.25) is 0 Å². The number of nitro groups is 1. The van der Waals surface area contributed by atoms with Crippen molar-refractivity contribution in [2.45, 2.75) is 0 Å². The van der Waals surface area contributed by atoms with Crippen LogP contribution in [0.3, 0.4) is 0 Å². The van der Waals surface area contributed by atoms with Crippen LogP contribution in [0.1, 0.15) is 10.4 Å². The number of aromatic nitrogens is 1. The maximum Gasteiger partial charge on any atom is 0.345 e. The predicted octanol–water partition coefficient (Wildman–Crippen LogP) is 2.44. The third-order valence-corrected chi connectivity index (χ3v) is 2.88. The molecule has 92 valence electrons. The summed E-state index contributed by atoms with van der Waals surface area (Å²) in [5.74, 6) is -1.36. The summed E-state index contributed by atoms with van der Waals surface area (Å²) < 4.78 is 13.3. The molecule has 0 saturated heterocycles. The number of halogens is 1. The number of rotatable bonds is 3. The fourth-order valence-electron chi connectivity index (χ4n) is 1.22. The molecule has 1 aromatic carbocycles. The molecule has 0 saturated carbocycles. The maximum atomic E-state index is 13.3. The van der Waals surface area contributed by atoms with Crippen LogP contribution in [0.5, 0.6) is 0 Å². The Bertz CT molecular complexity index is 614. The second kappa shape index (κ2) is 4.88. The van der Waals surface area contributed by atoms with Gasteiger partial charge in [0, 0.05) is 0 Å². The molecule has 1 N–H and O–H groups in total. The van der Waals surface area contributed by atoms with Crippen LogP contribution >= 0.6 is 11.3 Å². The molecule has 6 nitrogen and oxygen atoms in total. The van der Waals surface area contributed by atoms with Gasteiger partial charge in [-0.2, -0.15) is 0 Å². The minimum Gasteiger partial charge on any atom is -0.298 e. The molecule has 0 unspecified atom stereocenters. The van der Waals surface area contributed by atoms with E-state index < -0.39 is 16.6 Å². The standard InChI is InChI=1S/C10H6FN3O3S/c11-7-4-2-1-3-6(7)9(15)13-10-12-5-8(18-10)14(16)17/h1-5H,(H,12,13,15). The van der Waals surface area contributed by atoms with E-state index in [1.807, 2.05) is 0 Å². The van der Waals surface area contributed by atoms with Gasteiger partial charge in [0.05, 0.1) is 10.5 Å². The van der Waals surface area contributed by atoms with Crippen molar-refractivity contribution in [1.82, 2.24) is 4.98 Å². The van der Waals surface area contributed by atoms with Gasteiger partial charge in [-0.1, -0.05) is 12.1 Å². The number of amides is 1. The summed E-state index contributed by atoms with van der Waals surface area (Å²) in [6.07, 6.45) is 1.03. The number of benzene rings is 1. The number of nitrogens with one attached hydrogen (secondary N) is 1. The van der Waals surface area contributed by atoms with E-state index in [4.69, 9.17) is 0 Å².